The van der Waals surface area contributed by atoms with E-state index < -0.39 is 11.6 Å². The highest BCUT2D eigenvalue weighted by Gasteiger charge is 2.42. The van der Waals surface area contributed by atoms with Gasteiger partial charge in [0.15, 0.2) is 0 Å². The molecule has 6 heteroatoms. The van der Waals surface area contributed by atoms with Crippen molar-refractivity contribution < 1.29 is 18.7 Å². The Morgan fingerprint density at radius 1 is 1.20 bits per heavy atom. The summed E-state index contributed by atoms with van der Waals surface area (Å²) in [7, 11) is 0. The Morgan fingerprint density at radius 2 is 1.85 bits per heavy atom. The highest BCUT2D eigenvalue weighted by atomic mass is 19.1. The molecular weight excluding hydrogens is 266 g/mol. The zero-order chi connectivity index (χ0) is 14.6. The van der Waals surface area contributed by atoms with E-state index in [-0.39, 0.29) is 18.1 Å². The first-order chi connectivity index (χ1) is 9.53. The lowest BCUT2D eigenvalue weighted by Crippen LogP contribution is -2.40. The zero-order valence-electron chi connectivity index (χ0n) is 11.1. The zero-order valence-corrected chi connectivity index (χ0v) is 11.1. The lowest BCUT2D eigenvalue weighted by Gasteiger charge is -2.13. The first-order valence-electron chi connectivity index (χ1n) is 6.61. The minimum absolute atomic E-state index is 0.0792. The Bertz CT molecular complexity index is 470. The van der Waals surface area contributed by atoms with Crippen LogP contribution < -0.4 is 10.6 Å². The molecule has 2 amide bonds. The topological polar surface area (TPSA) is 61.4 Å². The average molecular weight is 284 g/mol. The van der Waals surface area contributed by atoms with Crippen molar-refractivity contribution in [3.8, 4) is 0 Å². The Hall–Kier alpha value is -1.69. The van der Waals surface area contributed by atoms with Crippen LogP contribution in [0.15, 0.2) is 18.2 Å². The van der Waals surface area contributed by atoms with Crippen molar-refractivity contribution in [2.24, 2.45) is 5.41 Å². The lowest BCUT2D eigenvalue weighted by molar-refractivity contribution is 0.203. The summed E-state index contributed by atoms with van der Waals surface area (Å²) < 4.78 is 25.9. The van der Waals surface area contributed by atoms with Crippen LogP contribution in [0.5, 0.6) is 0 Å². The summed E-state index contributed by atoms with van der Waals surface area (Å²) in [5, 5.41) is 14.4. The van der Waals surface area contributed by atoms with E-state index >= 15 is 0 Å². The van der Waals surface area contributed by atoms with Gasteiger partial charge in [-0.3, -0.25) is 0 Å². The molecule has 0 saturated heterocycles. The predicted octanol–water partition coefficient (Wildman–Crippen LogP) is 1.58. The minimum atomic E-state index is -0.622. The van der Waals surface area contributed by atoms with Crippen LogP contribution >= 0.6 is 0 Å². The molecule has 0 bridgehead atoms. The van der Waals surface area contributed by atoms with Crippen molar-refractivity contribution in [2.45, 2.75) is 19.3 Å². The molecule has 0 heterocycles. The fraction of sp³-hybridized carbons (Fsp3) is 0.500. The molecule has 1 fully saturated rings. The van der Waals surface area contributed by atoms with E-state index in [0.717, 1.165) is 18.9 Å². The summed E-state index contributed by atoms with van der Waals surface area (Å²) in [6, 6.07) is 2.97. The van der Waals surface area contributed by atoms with Gasteiger partial charge in [0.05, 0.1) is 6.61 Å². The van der Waals surface area contributed by atoms with Crippen molar-refractivity contribution in [2.75, 3.05) is 19.7 Å². The number of carbonyl (C=O) groups is 1. The Kier molecular flexibility index (Phi) is 4.54. The molecule has 110 valence electrons. The summed E-state index contributed by atoms with van der Waals surface area (Å²) >= 11 is 0. The number of benzene rings is 1. The Morgan fingerprint density at radius 3 is 2.40 bits per heavy atom. The molecule has 0 aliphatic heterocycles. The quantitative estimate of drug-likeness (QED) is 0.742. The van der Waals surface area contributed by atoms with Gasteiger partial charge >= 0.3 is 6.03 Å². The monoisotopic (exact) mass is 284 g/mol. The van der Waals surface area contributed by atoms with Gasteiger partial charge in [-0.05, 0) is 37.0 Å². The summed E-state index contributed by atoms with van der Waals surface area (Å²) in [4.78, 5) is 11.5. The second kappa shape index (κ2) is 6.17. The summed E-state index contributed by atoms with van der Waals surface area (Å²) in [5.74, 6) is -1.24. The van der Waals surface area contributed by atoms with Crippen LogP contribution in [0, 0.1) is 17.0 Å². The minimum Gasteiger partial charge on any atom is -0.396 e. The van der Waals surface area contributed by atoms with E-state index in [4.69, 9.17) is 5.11 Å². The average Bonchev–Trinajstić information content (AvgIpc) is 3.16. The summed E-state index contributed by atoms with van der Waals surface area (Å²) in [6.07, 6.45) is 2.20. The van der Waals surface area contributed by atoms with Crippen LogP contribution in [0.4, 0.5) is 13.6 Å². The highest BCUT2D eigenvalue weighted by Crippen LogP contribution is 2.44. The van der Waals surface area contributed by atoms with Crippen molar-refractivity contribution in [3.05, 3.63) is 35.4 Å². The SMILES string of the molecule is O=C(NCCc1cc(F)cc(F)c1)NCC1(CO)CC1. The molecule has 0 radical (unpaired) electrons. The van der Waals surface area contributed by atoms with Gasteiger partial charge in [0, 0.05) is 24.6 Å². The molecule has 1 aliphatic carbocycles. The number of carbonyl (C=O) groups excluding carboxylic acids is 1. The van der Waals surface area contributed by atoms with Crippen LogP contribution in [0.1, 0.15) is 18.4 Å². The van der Waals surface area contributed by atoms with Gasteiger partial charge < -0.3 is 15.7 Å². The van der Waals surface area contributed by atoms with Gasteiger partial charge in [-0.1, -0.05) is 0 Å². The van der Waals surface area contributed by atoms with Gasteiger partial charge in [0.2, 0.25) is 0 Å². The number of halogens is 2. The van der Waals surface area contributed by atoms with Gasteiger partial charge in [-0.25, -0.2) is 13.6 Å². The van der Waals surface area contributed by atoms with Crippen molar-refractivity contribution >= 4 is 6.03 Å². The van der Waals surface area contributed by atoms with E-state index in [1.54, 1.807) is 0 Å². The Labute approximate surface area is 116 Å². The van der Waals surface area contributed by atoms with Gasteiger partial charge in [-0.2, -0.15) is 0 Å². The molecule has 1 aliphatic rings. The van der Waals surface area contributed by atoms with Crippen LogP contribution in [0.25, 0.3) is 0 Å². The molecule has 4 nitrogen and oxygen atoms in total. The third-order valence-electron chi connectivity index (χ3n) is 3.54. The van der Waals surface area contributed by atoms with Crippen LogP contribution in [0.2, 0.25) is 0 Å². The molecule has 0 unspecified atom stereocenters. The number of amides is 2. The maximum absolute atomic E-state index is 12.9. The molecule has 0 atom stereocenters. The van der Waals surface area contributed by atoms with E-state index in [1.165, 1.54) is 12.1 Å². The van der Waals surface area contributed by atoms with Crippen LogP contribution in [-0.2, 0) is 6.42 Å². The fourth-order valence-electron chi connectivity index (χ4n) is 1.97. The first-order valence-corrected chi connectivity index (χ1v) is 6.61. The van der Waals surface area contributed by atoms with Gasteiger partial charge in [0.1, 0.15) is 11.6 Å². The number of hydrogen-bond donors (Lipinski definition) is 3. The summed E-state index contributed by atoms with van der Waals surface area (Å²) in [5.41, 5.74) is 0.361. The fourth-order valence-corrected chi connectivity index (χ4v) is 1.97. The van der Waals surface area contributed by atoms with Crippen LogP contribution in [-0.4, -0.2) is 30.8 Å². The molecular formula is C14H18F2N2O2. The molecule has 1 aromatic carbocycles. The van der Waals surface area contributed by atoms with E-state index in [1.807, 2.05) is 0 Å². The van der Waals surface area contributed by atoms with E-state index in [0.29, 0.717) is 25.1 Å². The summed E-state index contributed by atoms with van der Waals surface area (Å²) in [6.45, 7) is 0.820. The molecule has 1 saturated carbocycles. The second-order valence-electron chi connectivity index (χ2n) is 5.30. The molecule has 0 spiro atoms. The smallest absolute Gasteiger partial charge is 0.314 e. The Balaban J connectivity index is 1.68. The molecule has 3 N–H and O–H groups in total. The molecule has 0 aromatic heterocycles. The van der Waals surface area contributed by atoms with Crippen LogP contribution in [0.3, 0.4) is 0 Å². The van der Waals surface area contributed by atoms with Gasteiger partial charge in [-0.15, -0.1) is 0 Å². The molecule has 20 heavy (non-hydrogen) atoms. The standard InChI is InChI=1S/C14H18F2N2O2/c15-11-5-10(6-12(16)7-11)1-4-17-13(20)18-8-14(9-19)2-3-14/h5-7,19H,1-4,8-9H2,(H2,17,18,20). The van der Waals surface area contributed by atoms with Crippen molar-refractivity contribution in [1.29, 1.82) is 0 Å². The van der Waals surface area contributed by atoms with Crippen molar-refractivity contribution in [1.82, 2.24) is 10.6 Å². The third-order valence-corrected chi connectivity index (χ3v) is 3.54. The lowest BCUT2D eigenvalue weighted by atomic mass is 10.1. The number of aliphatic hydroxyl groups excluding tert-OH is 1. The number of hydrogen-bond acceptors (Lipinski definition) is 2. The molecule has 1 aromatic rings. The number of rotatable bonds is 6. The van der Waals surface area contributed by atoms with E-state index in [9.17, 15) is 13.6 Å². The van der Waals surface area contributed by atoms with Crippen molar-refractivity contribution in [3.63, 3.8) is 0 Å². The maximum atomic E-state index is 12.9. The predicted molar refractivity (Wildman–Crippen MR) is 70.2 cm³/mol. The molecule has 2 rings (SSSR count). The number of aliphatic hydroxyl groups is 1. The second-order valence-corrected chi connectivity index (χ2v) is 5.30. The first kappa shape index (κ1) is 14.7. The number of urea groups is 1. The largest absolute Gasteiger partial charge is 0.396 e. The van der Waals surface area contributed by atoms with Gasteiger partial charge in [0.25, 0.3) is 0 Å². The maximum Gasteiger partial charge on any atom is 0.314 e. The normalized spacial score (nSPS) is 15.8. The number of nitrogens with one attached hydrogen (secondary N) is 2. The highest BCUT2D eigenvalue weighted by molar-refractivity contribution is 5.73. The third kappa shape index (κ3) is 4.16. The van der Waals surface area contributed by atoms with E-state index in [2.05, 4.69) is 10.6 Å².